The van der Waals surface area contributed by atoms with Crippen LogP contribution in [0, 0.1) is 0 Å². The minimum Gasteiger partial charge on any atom is -0.480 e. The first-order chi connectivity index (χ1) is 10.1. The Morgan fingerprint density at radius 3 is 2.95 bits per heavy atom. The van der Waals surface area contributed by atoms with Crippen molar-refractivity contribution in [3.8, 4) is 10.6 Å². The lowest BCUT2D eigenvalue weighted by Crippen LogP contribution is -2.40. The Bertz CT molecular complexity index is 666. The van der Waals surface area contributed by atoms with Gasteiger partial charge in [-0.2, -0.15) is 0 Å². The average molecular weight is 308 g/mol. The molecule has 2 aromatic heterocycles. The number of aliphatic hydroxyl groups excluding tert-OH is 1. The Morgan fingerprint density at radius 1 is 1.48 bits per heavy atom. The molecule has 0 unspecified atom stereocenters. The number of likely N-dealkylation sites (tertiary alicyclic amines) is 1. The van der Waals surface area contributed by atoms with Crippen molar-refractivity contribution < 1.29 is 24.3 Å². The largest absolute Gasteiger partial charge is 0.480 e. The van der Waals surface area contributed by atoms with Crippen LogP contribution in [0.3, 0.4) is 0 Å². The molecule has 0 aromatic carbocycles. The maximum Gasteiger partial charge on any atom is 0.326 e. The molecular formula is C13H12N2O5S. The second-order valence-electron chi connectivity index (χ2n) is 4.75. The fourth-order valence-electron chi connectivity index (χ4n) is 2.33. The molecule has 2 aromatic rings. The van der Waals surface area contributed by atoms with Gasteiger partial charge in [-0.15, -0.1) is 11.3 Å². The van der Waals surface area contributed by atoms with E-state index in [1.807, 2.05) is 17.5 Å². The fourth-order valence-corrected chi connectivity index (χ4v) is 3.00. The molecule has 2 atom stereocenters. The fraction of sp³-hybridized carbons (Fsp3) is 0.308. The van der Waals surface area contributed by atoms with Gasteiger partial charge in [0.05, 0.1) is 11.0 Å². The molecule has 21 heavy (non-hydrogen) atoms. The van der Waals surface area contributed by atoms with E-state index in [0.717, 1.165) is 9.78 Å². The first kappa shape index (κ1) is 13.8. The van der Waals surface area contributed by atoms with Crippen LogP contribution in [0.15, 0.2) is 28.1 Å². The number of rotatable bonds is 3. The van der Waals surface area contributed by atoms with Crippen molar-refractivity contribution in [2.75, 3.05) is 6.54 Å². The van der Waals surface area contributed by atoms with Crippen LogP contribution in [0.2, 0.25) is 0 Å². The van der Waals surface area contributed by atoms with Crippen LogP contribution in [0.4, 0.5) is 0 Å². The summed E-state index contributed by atoms with van der Waals surface area (Å²) >= 11 is 1.45. The summed E-state index contributed by atoms with van der Waals surface area (Å²) in [4.78, 5) is 25.4. The number of carbonyl (C=O) groups is 2. The quantitative estimate of drug-likeness (QED) is 0.878. The second kappa shape index (κ2) is 5.30. The standard InChI is InChI=1S/C13H12N2O5S/c16-7-4-9(13(18)19)15(6-7)12(17)8-5-10(20-14-8)11-2-1-3-21-11/h1-3,5,7,9,16H,4,6H2,(H,18,19)/t7-,9-/m1/s1. The van der Waals surface area contributed by atoms with Crippen molar-refractivity contribution in [3.63, 3.8) is 0 Å². The molecule has 1 amide bonds. The van der Waals surface area contributed by atoms with Gasteiger partial charge in [-0.05, 0) is 11.4 Å². The van der Waals surface area contributed by atoms with Crippen molar-refractivity contribution >= 4 is 23.2 Å². The number of nitrogens with zero attached hydrogens (tertiary/aromatic N) is 2. The van der Waals surface area contributed by atoms with E-state index < -0.39 is 24.0 Å². The van der Waals surface area contributed by atoms with Gasteiger partial charge in [0.1, 0.15) is 6.04 Å². The predicted octanol–water partition coefficient (Wildman–Crippen LogP) is 1.06. The highest BCUT2D eigenvalue weighted by Crippen LogP contribution is 2.27. The molecular weight excluding hydrogens is 296 g/mol. The van der Waals surface area contributed by atoms with Gasteiger partial charge in [0.25, 0.3) is 5.91 Å². The summed E-state index contributed by atoms with van der Waals surface area (Å²) in [5, 5.41) is 24.2. The first-order valence-electron chi connectivity index (χ1n) is 6.28. The van der Waals surface area contributed by atoms with Gasteiger partial charge >= 0.3 is 5.97 Å². The van der Waals surface area contributed by atoms with Crippen LogP contribution < -0.4 is 0 Å². The average Bonchev–Trinajstić information content (AvgIpc) is 3.17. The summed E-state index contributed by atoms with van der Waals surface area (Å²) in [6.45, 7) is -0.0169. The summed E-state index contributed by atoms with van der Waals surface area (Å²) in [7, 11) is 0. The number of β-amino-alcohol motifs (C(OH)–C–C–N with tert-alkyl or cyclic N) is 1. The molecule has 0 saturated carbocycles. The molecule has 0 spiro atoms. The van der Waals surface area contributed by atoms with Crippen LogP contribution in [0.1, 0.15) is 16.9 Å². The van der Waals surface area contributed by atoms with E-state index in [2.05, 4.69) is 5.16 Å². The Hall–Kier alpha value is -2.19. The first-order valence-corrected chi connectivity index (χ1v) is 7.16. The van der Waals surface area contributed by atoms with Crippen LogP contribution in [0.25, 0.3) is 10.6 Å². The van der Waals surface area contributed by atoms with Gasteiger partial charge in [0, 0.05) is 19.0 Å². The summed E-state index contributed by atoms with van der Waals surface area (Å²) in [5.41, 5.74) is 0.0405. The Balaban J connectivity index is 1.83. The summed E-state index contributed by atoms with van der Waals surface area (Å²) in [6.07, 6.45) is -0.810. The van der Waals surface area contributed by atoms with Crippen molar-refractivity contribution in [2.45, 2.75) is 18.6 Å². The molecule has 7 nitrogen and oxygen atoms in total. The van der Waals surface area contributed by atoms with E-state index >= 15 is 0 Å². The van der Waals surface area contributed by atoms with E-state index in [9.17, 15) is 14.7 Å². The van der Waals surface area contributed by atoms with Gasteiger partial charge in [-0.25, -0.2) is 4.79 Å². The molecule has 1 aliphatic rings. The Morgan fingerprint density at radius 2 is 2.29 bits per heavy atom. The van der Waals surface area contributed by atoms with E-state index in [-0.39, 0.29) is 18.7 Å². The molecule has 1 saturated heterocycles. The molecule has 3 rings (SSSR count). The molecule has 0 aliphatic carbocycles. The third-order valence-electron chi connectivity index (χ3n) is 3.32. The van der Waals surface area contributed by atoms with E-state index in [1.54, 1.807) is 0 Å². The van der Waals surface area contributed by atoms with Crippen molar-refractivity contribution in [2.24, 2.45) is 0 Å². The van der Waals surface area contributed by atoms with Crippen molar-refractivity contribution in [1.29, 1.82) is 0 Å². The third kappa shape index (κ3) is 2.55. The smallest absolute Gasteiger partial charge is 0.326 e. The number of aromatic nitrogens is 1. The highest BCUT2D eigenvalue weighted by molar-refractivity contribution is 7.13. The molecule has 1 fully saturated rings. The number of hydrogen-bond acceptors (Lipinski definition) is 6. The van der Waals surface area contributed by atoms with Gasteiger partial charge in [-0.1, -0.05) is 11.2 Å². The highest BCUT2D eigenvalue weighted by atomic mass is 32.1. The zero-order valence-corrected chi connectivity index (χ0v) is 11.6. The second-order valence-corrected chi connectivity index (χ2v) is 5.70. The number of aliphatic carboxylic acids is 1. The topological polar surface area (TPSA) is 104 Å². The molecule has 3 heterocycles. The zero-order valence-electron chi connectivity index (χ0n) is 10.8. The predicted molar refractivity (Wildman–Crippen MR) is 72.9 cm³/mol. The lowest BCUT2D eigenvalue weighted by atomic mass is 10.2. The third-order valence-corrected chi connectivity index (χ3v) is 4.20. The molecule has 0 bridgehead atoms. The van der Waals surface area contributed by atoms with Gasteiger partial charge in [0.15, 0.2) is 11.5 Å². The van der Waals surface area contributed by atoms with Crippen LogP contribution in [-0.4, -0.2) is 50.8 Å². The normalized spacial score (nSPS) is 21.7. The monoisotopic (exact) mass is 308 g/mol. The lowest BCUT2D eigenvalue weighted by Gasteiger charge is -2.19. The number of amides is 1. The zero-order chi connectivity index (χ0) is 15.0. The lowest BCUT2D eigenvalue weighted by molar-refractivity contribution is -0.141. The van der Waals surface area contributed by atoms with E-state index in [1.165, 1.54) is 17.4 Å². The Labute approximate surface area is 123 Å². The van der Waals surface area contributed by atoms with Gasteiger partial charge in [0.2, 0.25) is 0 Å². The van der Waals surface area contributed by atoms with Crippen LogP contribution in [-0.2, 0) is 4.79 Å². The van der Waals surface area contributed by atoms with Gasteiger partial charge in [-0.3, -0.25) is 4.79 Å². The van der Waals surface area contributed by atoms with Crippen molar-refractivity contribution in [1.82, 2.24) is 10.1 Å². The minimum atomic E-state index is -1.14. The van der Waals surface area contributed by atoms with Crippen LogP contribution >= 0.6 is 11.3 Å². The van der Waals surface area contributed by atoms with Crippen LogP contribution in [0.5, 0.6) is 0 Å². The van der Waals surface area contributed by atoms with Gasteiger partial charge < -0.3 is 19.6 Å². The summed E-state index contributed by atoms with van der Waals surface area (Å²) in [6, 6.07) is 4.13. The molecule has 8 heteroatoms. The number of carbonyl (C=O) groups excluding carboxylic acids is 1. The van der Waals surface area contributed by atoms with E-state index in [4.69, 9.17) is 9.63 Å². The maximum atomic E-state index is 12.3. The molecule has 0 radical (unpaired) electrons. The summed E-state index contributed by atoms with van der Waals surface area (Å²) < 4.78 is 5.12. The van der Waals surface area contributed by atoms with Crippen molar-refractivity contribution in [3.05, 3.63) is 29.3 Å². The minimum absolute atomic E-state index is 0.0169. The summed E-state index contributed by atoms with van der Waals surface area (Å²) in [5.74, 6) is -1.23. The molecule has 2 N–H and O–H groups in total. The number of thiophene rings is 1. The number of hydrogen-bond donors (Lipinski definition) is 2. The van der Waals surface area contributed by atoms with E-state index in [0.29, 0.717) is 5.76 Å². The number of carboxylic acids is 1. The molecule has 110 valence electrons. The molecule has 1 aliphatic heterocycles. The number of aliphatic hydroxyl groups is 1. The Kier molecular flexibility index (Phi) is 3.48. The SMILES string of the molecule is O=C(O)[C@H]1C[C@@H](O)CN1C(=O)c1cc(-c2cccs2)on1. The highest BCUT2D eigenvalue weighted by Gasteiger charge is 2.40. The number of carboxylic acid groups (broad SMARTS) is 1. The maximum absolute atomic E-state index is 12.3.